The van der Waals surface area contributed by atoms with Gasteiger partial charge in [-0.3, -0.25) is 9.59 Å². The molecule has 0 unspecified atom stereocenters. The molecule has 0 aliphatic heterocycles. The highest BCUT2D eigenvalue weighted by atomic mass is 16.5. The summed E-state index contributed by atoms with van der Waals surface area (Å²) in [6.45, 7) is -0.528. The lowest BCUT2D eigenvalue weighted by molar-refractivity contribution is -0.118. The molecule has 0 aliphatic carbocycles. The SMILES string of the molecule is COc1ccc(NC(=O)[C@H](CO)NC(=O)c2ccc3nc[nH]c3c2)cc1. The van der Waals surface area contributed by atoms with Gasteiger partial charge in [0.15, 0.2) is 0 Å². The molecule has 1 aromatic heterocycles. The molecule has 0 saturated carbocycles. The number of hydrogen-bond donors (Lipinski definition) is 4. The third-order valence-corrected chi connectivity index (χ3v) is 3.84. The van der Waals surface area contributed by atoms with Crippen molar-refractivity contribution in [2.45, 2.75) is 6.04 Å². The summed E-state index contributed by atoms with van der Waals surface area (Å²) in [4.78, 5) is 31.7. The van der Waals surface area contributed by atoms with Gasteiger partial charge in [-0.1, -0.05) is 0 Å². The molecule has 3 rings (SSSR count). The molecule has 8 heteroatoms. The maximum absolute atomic E-state index is 12.4. The van der Waals surface area contributed by atoms with Crippen LogP contribution in [0.3, 0.4) is 0 Å². The second kappa shape index (κ2) is 7.66. The van der Waals surface area contributed by atoms with E-state index in [4.69, 9.17) is 4.74 Å². The number of carbonyl (C=O) groups excluding carboxylic acids is 2. The zero-order valence-electron chi connectivity index (χ0n) is 14.0. The Morgan fingerprint density at radius 3 is 2.69 bits per heavy atom. The summed E-state index contributed by atoms with van der Waals surface area (Å²) in [5.74, 6) is -0.330. The lowest BCUT2D eigenvalue weighted by Gasteiger charge is -2.16. The van der Waals surface area contributed by atoms with Crippen molar-refractivity contribution in [3.8, 4) is 5.75 Å². The standard InChI is InChI=1S/C18H18N4O4/c1-26-13-5-3-12(4-6-13)21-18(25)16(9-23)22-17(24)11-2-7-14-15(8-11)20-10-19-14/h2-8,10,16,23H,9H2,1H3,(H,19,20)(H,21,25)(H,22,24)/t16-/m0/s1. The Kier molecular flexibility index (Phi) is 5.14. The number of amides is 2. The molecule has 4 N–H and O–H groups in total. The number of aliphatic hydroxyl groups excluding tert-OH is 1. The third-order valence-electron chi connectivity index (χ3n) is 3.84. The Bertz CT molecular complexity index is 920. The van der Waals surface area contributed by atoms with Crippen molar-refractivity contribution in [1.82, 2.24) is 15.3 Å². The predicted octanol–water partition coefficient (Wildman–Crippen LogP) is 1.30. The summed E-state index contributed by atoms with van der Waals surface area (Å²) in [5.41, 5.74) is 2.33. The van der Waals surface area contributed by atoms with E-state index >= 15 is 0 Å². The molecule has 3 aromatic rings. The van der Waals surface area contributed by atoms with Gasteiger partial charge in [-0.2, -0.15) is 0 Å². The van der Waals surface area contributed by atoms with Crippen LogP contribution in [-0.2, 0) is 4.79 Å². The zero-order chi connectivity index (χ0) is 18.5. The maximum atomic E-state index is 12.4. The Morgan fingerprint density at radius 1 is 1.23 bits per heavy atom. The molecular weight excluding hydrogens is 336 g/mol. The van der Waals surface area contributed by atoms with Crippen molar-refractivity contribution in [2.75, 3.05) is 19.0 Å². The fourth-order valence-electron chi connectivity index (χ4n) is 2.42. The molecule has 2 amide bonds. The number of nitrogens with one attached hydrogen (secondary N) is 3. The molecule has 134 valence electrons. The van der Waals surface area contributed by atoms with Gasteiger partial charge >= 0.3 is 0 Å². The van der Waals surface area contributed by atoms with Crippen LogP contribution in [0.1, 0.15) is 10.4 Å². The highest BCUT2D eigenvalue weighted by molar-refractivity contribution is 6.02. The number of methoxy groups -OCH3 is 1. The van der Waals surface area contributed by atoms with Crippen LogP contribution in [0.2, 0.25) is 0 Å². The molecule has 1 atom stereocenters. The Morgan fingerprint density at radius 2 is 2.00 bits per heavy atom. The van der Waals surface area contributed by atoms with Gasteiger partial charge in [-0.05, 0) is 42.5 Å². The number of aromatic nitrogens is 2. The Labute approximate surface area is 149 Å². The normalized spacial score (nSPS) is 11.8. The molecule has 2 aromatic carbocycles. The van der Waals surface area contributed by atoms with Crippen LogP contribution in [0.15, 0.2) is 48.8 Å². The van der Waals surface area contributed by atoms with E-state index < -0.39 is 24.5 Å². The van der Waals surface area contributed by atoms with Crippen LogP contribution in [0.5, 0.6) is 5.75 Å². The van der Waals surface area contributed by atoms with Crippen LogP contribution in [0.25, 0.3) is 11.0 Å². The molecule has 0 bridgehead atoms. The summed E-state index contributed by atoms with van der Waals surface area (Å²) in [6, 6.07) is 10.6. The Balaban J connectivity index is 1.66. The number of aromatic amines is 1. The van der Waals surface area contributed by atoms with Gasteiger partial charge in [0.1, 0.15) is 11.8 Å². The van der Waals surface area contributed by atoms with Gasteiger partial charge in [0.25, 0.3) is 5.91 Å². The fourth-order valence-corrected chi connectivity index (χ4v) is 2.42. The number of hydrogen-bond acceptors (Lipinski definition) is 5. The van der Waals surface area contributed by atoms with Crippen molar-refractivity contribution in [2.24, 2.45) is 0 Å². The van der Waals surface area contributed by atoms with Crippen LogP contribution in [0, 0.1) is 0 Å². The van der Waals surface area contributed by atoms with E-state index in [-0.39, 0.29) is 0 Å². The minimum absolute atomic E-state index is 0.359. The van der Waals surface area contributed by atoms with E-state index in [0.717, 1.165) is 5.52 Å². The molecular formula is C18H18N4O4. The molecule has 0 radical (unpaired) electrons. The van der Waals surface area contributed by atoms with Crippen molar-refractivity contribution in [1.29, 1.82) is 0 Å². The minimum atomic E-state index is -1.08. The lowest BCUT2D eigenvalue weighted by atomic mass is 10.1. The minimum Gasteiger partial charge on any atom is -0.497 e. The molecule has 0 saturated heterocycles. The molecule has 0 fully saturated rings. The number of imidazole rings is 1. The smallest absolute Gasteiger partial charge is 0.252 e. The van der Waals surface area contributed by atoms with Crippen molar-refractivity contribution in [3.63, 3.8) is 0 Å². The second-order valence-corrected chi connectivity index (χ2v) is 5.56. The number of H-pyrrole nitrogens is 1. The summed E-state index contributed by atoms with van der Waals surface area (Å²) in [7, 11) is 1.55. The number of nitrogens with zero attached hydrogens (tertiary/aromatic N) is 1. The van der Waals surface area contributed by atoms with E-state index in [9.17, 15) is 14.7 Å². The van der Waals surface area contributed by atoms with E-state index in [2.05, 4.69) is 20.6 Å². The number of anilines is 1. The van der Waals surface area contributed by atoms with E-state index in [1.807, 2.05) is 0 Å². The van der Waals surface area contributed by atoms with Crippen molar-refractivity contribution >= 4 is 28.5 Å². The number of fused-ring (bicyclic) bond motifs is 1. The van der Waals surface area contributed by atoms with Gasteiger partial charge in [0.2, 0.25) is 5.91 Å². The molecule has 0 aliphatic rings. The monoisotopic (exact) mass is 354 g/mol. The number of aliphatic hydroxyl groups is 1. The highest BCUT2D eigenvalue weighted by Gasteiger charge is 2.21. The summed E-state index contributed by atoms with van der Waals surface area (Å²) >= 11 is 0. The van der Waals surface area contributed by atoms with Gasteiger partial charge in [-0.15, -0.1) is 0 Å². The first-order chi connectivity index (χ1) is 12.6. The number of benzene rings is 2. The Hall–Kier alpha value is -3.39. The van der Waals surface area contributed by atoms with Gasteiger partial charge in [-0.25, -0.2) is 4.98 Å². The quantitative estimate of drug-likeness (QED) is 0.532. The predicted molar refractivity (Wildman–Crippen MR) is 96.1 cm³/mol. The molecule has 8 nitrogen and oxygen atoms in total. The second-order valence-electron chi connectivity index (χ2n) is 5.56. The summed E-state index contributed by atoms with van der Waals surface area (Å²) in [5, 5.41) is 14.6. The van der Waals surface area contributed by atoms with E-state index in [1.54, 1.807) is 49.6 Å². The maximum Gasteiger partial charge on any atom is 0.252 e. The average molecular weight is 354 g/mol. The van der Waals surface area contributed by atoms with Gasteiger partial charge in [0.05, 0.1) is 31.1 Å². The molecule has 26 heavy (non-hydrogen) atoms. The first kappa shape index (κ1) is 17.4. The van der Waals surface area contributed by atoms with Crippen LogP contribution in [-0.4, -0.2) is 46.6 Å². The summed E-state index contributed by atoms with van der Waals surface area (Å²) < 4.78 is 5.05. The summed E-state index contributed by atoms with van der Waals surface area (Å²) in [6.07, 6.45) is 1.53. The zero-order valence-corrected chi connectivity index (χ0v) is 14.0. The van der Waals surface area contributed by atoms with Gasteiger partial charge in [0, 0.05) is 11.3 Å². The average Bonchev–Trinajstić information content (AvgIpc) is 3.14. The van der Waals surface area contributed by atoms with E-state index in [1.165, 1.54) is 6.33 Å². The van der Waals surface area contributed by atoms with E-state index in [0.29, 0.717) is 22.5 Å². The van der Waals surface area contributed by atoms with Crippen molar-refractivity contribution < 1.29 is 19.4 Å². The molecule has 1 heterocycles. The topological polar surface area (TPSA) is 116 Å². The number of ether oxygens (including phenoxy) is 1. The highest BCUT2D eigenvalue weighted by Crippen LogP contribution is 2.15. The first-order valence-electron chi connectivity index (χ1n) is 7.90. The van der Waals surface area contributed by atoms with Crippen molar-refractivity contribution in [3.05, 3.63) is 54.4 Å². The fraction of sp³-hybridized carbons (Fsp3) is 0.167. The number of rotatable bonds is 6. The third kappa shape index (κ3) is 3.81. The lowest BCUT2D eigenvalue weighted by Crippen LogP contribution is -2.46. The van der Waals surface area contributed by atoms with Crippen LogP contribution >= 0.6 is 0 Å². The first-order valence-corrected chi connectivity index (χ1v) is 7.90. The van der Waals surface area contributed by atoms with Gasteiger partial charge < -0.3 is 25.5 Å². The van der Waals surface area contributed by atoms with Crippen LogP contribution in [0.4, 0.5) is 5.69 Å². The van der Waals surface area contributed by atoms with Crippen LogP contribution < -0.4 is 15.4 Å². The number of carbonyl (C=O) groups is 2. The largest absolute Gasteiger partial charge is 0.497 e. The molecule has 0 spiro atoms.